The summed E-state index contributed by atoms with van der Waals surface area (Å²) in [5, 5.41) is 2.55. The van der Waals surface area contributed by atoms with Crippen LogP contribution < -0.4 is 5.32 Å². The molecule has 3 nitrogen and oxygen atoms in total. The molecule has 0 bridgehead atoms. The van der Waals surface area contributed by atoms with Crippen molar-refractivity contribution >= 4 is 17.5 Å². The van der Waals surface area contributed by atoms with Crippen LogP contribution in [0.25, 0.3) is 0 Å². The third-order valence-electron chi connectivity index (χ3n) is 1.09. The molecule has 0 unspecified atom stereocenters. The summed E-state index contributed by atoms with van der Waals surface area (Å²) in [4.78, 5) is 10.8. The van der Waals surface area contributed by atoms with Crippen LogP contribution in [0.2, 0.25) is 5.22 Å². The molecule has 54 valence electrons. The highest BCUT2D eigenvalue weighted by atomic mass is 35.5. The average Bonchev–Trinajstić information content (AvgIpc) is 2.34. The van der Waals surface area contributed by atoms with Crippen LogP contribution >= 0.6 is 11.6 Å². The molecule has 1 aromatic heterocycles. The van der Waals surface area contributed by atoms with Gasteiger partial charge in [0.15, 0.2) is 0 Å². The van der Waals surface area contributed by atoms with Crippen molar-refractivity contribution in [3.05, 3.63) is 23.1 Å². The van der Waals surface area contributed by atoms with E-state index in [2.05, 4.69) is 5.32 Å². The van der Waals surface area contributed by atoms with Gasteiger partial charge in [-0.3, -0.25) is 4.79 Å². The first-order chi connectivity index (χ1) is 4.75. The minimum atomic E-state index is -0.237. The minimum absolute atomic E-state index is 0.124. The Kier molecular flexibility index (Phi) is 1.97. The second kappa shape index (κ2) is 2.75. The third-order valence-corrected chi connectivity index (χ3v) is 1.38. The molecule has 10 heavy (non-hydrogen) atoms. The molecular formula is C6H6ClNO2. The molecule has 0 saturated heterocycles. The first-order valence-corrected chi connectivity index (χ1v) is 3.08. The summed E-state index contributed by atoms with van der Waals surface area (Å²) in [6.45, 7) is 0. The van der Waals surface area contributed by atoms with Gasteiger partial charge in [-0.25, -0.2) is 0 Å². The topological polar surface area (TPSA) is 42.2 Å². The molecule has 0 radical (unpaired) electrons. The van der Waals surface area contributed by atoms with Gasteiger partial charge in [0.1, 0.15) is 0 Å². The van der Waals surface area contributed by atoms with Crippen molar-refractivity contribution in [2.45, 2.75) is 0 Å². The number of furan rings is 1. The number of hydrogen-bond donors (Lipinski definition) is 1. The van der Waals surface area contributed by atoms with Gasteiger partial charge in [0.05, 0.1) is 11.8 Å². The van der Waals surface area contributed by atoms with Gasteiger partial charge in [-0.1, -0.05) is 0 Å². The maximum Gasteiger partial charge on any atom is 0.255 e. The van der Waals surface area contributed by atoms with E-state index in [1.54, 1.807) is 0 Å². The molecule has 0 aliphatic heterocycles. The maximum atomic E-state index is 10.8. The SMILES string of the molecule is CNC(=O)c1ccoc1Cl. The van der Waals surface area contributed by atoms with Crippen LogP contribution in [-0.4, -0.2) is 13.0 Å². The van der Waals surface area contributed by atoms with Crippen molar-refractivity contribution in [1.29, 1.82) is 0 Å². The fourth-order valence-electron chi connectivity index (χ4n) is 0.590. The summed E-state index contributed by atoms with van der Waals surface area (Å²) in [5.74, 6) is -0.237. The zero-order valence-corrected chi connectivity index (χ0v) is 6.11. The number of amides is 1. The molecule has 1 rings (SSSR count). The summed E-state index contributed by atoms with van der Waals surface area (Å²) in [6.07, 6.45) is 1.37. The Morgan fingerprint density at radius 2 is 2.50 bits per heavy atom. The molecule has 0 fully saturated rings. The van der Waals surface area contributed by atoms with E-state index in [4.69, 9.17) is 16.0 Å². The number of carbonyl (C=O) groups is 1. The largest absolute Gasteiger partial charge is 0.452 e. The summed E-state index contributed by atoms with van der Waals surface area (Å²) >= 11 is 5.49. The van der Waals surface area contributed by atoms with Gasteiger partial charge in [0.2, 0.25) is 5.22 Å². The molecule has 1 N–H and O–H groups in total. The Hall–Kier alpha value is -0.960. The first kappa shape index (κ1) is 7.15. The molecule has 1 amide bonds. The number of halogens is 1. The quantitative estimate of drug-likeness (QED) is 0.671. The van der Waals surface area contributed by atoms with Crippen molar-refractivity contribution in [1.82, 2.24) is 5.32 Å². The van der Waals surface area contributed by atoms with E-state index in [0.29, 0.717) is 5.56 Å². The van der Waals surface area contributed by atoms with Gasteiger partial charge >= 0.3 is 0 Å². The van der Waals surface area contributed by atoms with E-state index in [1.807, 2.05) is 0 Å². The standard InChI is InChI=1S/C6H6ClNO2/c1-8-6(9)4-2-3-10-5(4)7/h2-3H,1H3,(H,8,9). The molecule has 0 spiro atoms. The van der Waals surface area contributed by atoms with E-state index in [1.165, 1.54) is 19.4 Å². The molecule has 0 atom stereocenters. The van der Waals surface area contributed by atoms with Crippen LogP contribution in [0.15, 0.2) is 16.7 Å². The maximum absolute atomic E-state index is 10.8. The number of carbonyl (C=O) groups excluding carboxylic acids is 1. The lowest BCUT2D eigenvalue weighted by molar-refractivity contribution is 0.0962. The Bertz CT molecular complexity index is 244. The lowest BCUT2D eigenvalue weighted by atomic mass is 10.3. The van der Waals surface area contributed by atoms with E-state index in [0.717, 1.165) is 0 Å². The van der Waals surface area contributed by atoms with Crippen LogP contribution in [0, 0.1) is 0 Å². The molecule has 4 heteroatoms. The van der Waals surface area contributed by atoms with E-state index < -0.39 is 0 Å². The van der Waals surface area contributed by atoms with E-state index in [9.17, 15) is 4.79 Å². The second-order valence-corrected chi connectivity index (χ2v) is 2.03. The molecule has 1 aromatic rings. The summed E-state index contributed by atoms with van der Waals surface area (Å²) in [5.41, 5.74) is 0.365. The van der Waals surface area contributed by atoms with Gasteiger partial charge in [-0.15, -0.1) is 0 Å². The third kappa shape index (κ3) is 1.14. The number of rotatable bonds is 1. The molecular weight excluding hydrogens is 154 g/mol. The fraction of sp³-hybridized carbons (Fsp3) is 0.167. The highest BCUT2D eigenvalue weighted by Gasteiger charge is 2.09. The Labute approximate surface area is 63.0 Å². The van der Waals surface area contributed by atoms with Crippen LogP contribution in [0.4, 0.5) is 0 Å². The fourth-order valence-corrected chi connectivity index (χ4v) is 0.791. The molecule has 1 heterocycles. The Morgan fingerprint density at radius 1 is 1.80 bits per heavy atom. The molecule has 0 aliphatic rings. The smallest absolute Gasteiger partial charge is 0.255 e. The first-order valence-electron chi connectivity index (χ1n) is 2.70. The average molecular weight is 160 g/mol. The Balaban J connectivity index is 2.93. The zero-order valence-electron chi connectivity index (χ0n) is 5.35. The normalized spacial score (nSPS) is 9.40. The van der Waals surface area contributed by atoms with Gasteiger partial charge in [0.25, 0.3) is 5.91 Å². The predicted molar refractivity (Wildman–Crippen MR) is 37.1 cm³/mol. The lowest BCUT2D eigenvalue weighted by Crippen LogP contribution is -2.17. The zero-order chi connectivity index (χ0) is 7.56. The minimum Gasteiger partial charge on any atom is -0.452 e. The van der Waals surface area contributed by atoms with Crippen molar-refractivity contribution in [3.63, 3.8) is 0 Å². The van der Waals surface area contributed by atoms with Gasteiger partial charge in [-0.2, -0.15) is 0 Å². The molecule has 0 aliphatic carbocycles. The van der Waals surface area contributed by atoms with Crippen LogP contribution in [-0.2, 0) is 0 Å². The monoisotopic (exact) mass is 159 g/mol. The lowest BCUT2D eigenvalue weighted by Gasteiger charge is -1.92. The van der Waals surface area contributed by atoms with Crippen molar-refractivity contribution in [2.75, 3.05) is 7.05 Å². The van der Waals surface area contributed by atoms with Gasteiger partial charge in [-0.05, 0) is 17.7 Å². The van der Waals surface area contributed by atoms with Crippen LogP contribution in [0.3, 0.4) is 0 Å². The second-order valence-electron chi connectivity index (χ2n) is 1.69. The van der Waals surface area contributed by atoms with Crippen molar-refractivity contribution < 1.29 is 9.21 Å². The summed E-state index contributed by atoms with van der Waals surface area (Å²) in [7, 11) is 1.53. The molecule has 0 saturated carbocycles. The van der Waals surface area contributed by atoms with Crippen molar-refractivity contribution in [2.24, 2.45) is 0 Å². The van der Waals surface area contributed by atoms with E-state index >= 15 is 0 Å². The van der Waals surface area contributed by atoms with Crippen molar-refractivity contribution in [3.8, 4) is 0 Å². The van der Waals surface area contributed by atoms with Crippen LogP contribution in [0.5, 0.6) is 0 Å². The Morgan fingerprint density at radius 3 is 2.90 bits per heavy atom. The van der Waals surface area contributed by atoms with Gasteiger partial charge < -0.3 is 9.73 Å². The number of hydrogen-bond acceptors (Lipinski definition) is 2. The van der Waals surface area contributed by atoms with Gasteiger partial charge in [0, 0.05) is 7.05 Å². The predicted octanol–water partition coefficient (Wildman–Crippen LogP) is 1.29. The van der Waals surface area contributed by atoms with E-state index in [-0.39, 0.29) is 11.1 Å². The highest BCUT2D eigenvalue weighted by molar-refractivity contribution is 6.32. The number of nitrogens with one attached hydrogen (secondary N) is 1. The molecule has 0 aromatic carbocycles. The highest BCUT2D eigenvalue weighted by Crippen LogP contribution is 2.15. The summed E-state index contributed by atoms with van der Waals surface area (Å²) < 4.78 is 4.69. The van der Waals surface area contributed by atoms with Crippen LogP contribution in [0.1, 0.15) is 10.4 Å². The summed E-state index contributed by atoms with van der Waals surface area (Å²) in [6, 6.07) is 1.52.